The fourth-order valence-corrected chi connectivity index (χ4v) is 4.17. The van der Waals surface area contributed by atoms with E-state index < -0.39 is 6.04 Å². The third kappa shape index (κ3) is 7.69. The first-order chi connectivity index (χ1) is 14.3. The van der Waals surface area contributed by atoms with Crippen LogP contribution < -0.4 is 5.32 Å². The van der Waals surface area contributed by atoms with Gasteiger partial charge in [-0.25, -0.2) is 0 Å². The number of hydrogen-bond acceptors (Lipinski definition) is 3. The van der Waals surface area contributed by atoms with E-state index in [1.165, 1.54) is 11.1 Å². The average Bonchev–Trinajstić information content (AvgIpc) is 2.71. The minimum Gasteiger partial charge on any atom is -0.354 e. The zero-order chi connectivity index (χ0) is 22.1. The Hall–Kier alpha value is -1.98. The monoisotopic (exact) mass is 446 g/mol. The first-order valence-corrected chi connectivity index (χ1v) is 11.7. The largest absolute Gasteiger partial charge is 0.354 e. The molecule has 30 heavy (non-hydrogen) atoms. The summed E-state index contributed by atoms with van der Waals surface area (Å²) in [5, 5.41) is 3.55. The number of carbonyl (C=O) groups excluding carboxylic acids is 2. The van der Waals surface area contributed by atoms with Gasteiger partial charge in [-0.05, 0) is 48.6 Å². The number of halogens is 1. The molecular formula is C24H31ClN2O2S. The summed E-state index contributed by atoms with van der Waals surface area (Å²) >= 11 is 7.68. The molecule has 0 aromatic heterocycles. The van der Waals surface area contributed by atoms with E-state index in [-0.39, 0.29) is 11.8 Å². The molecule has 0 aliphatic heterocycles. The lowest BCUT2D eigenvalue weighted by molar-refractivity contribution is -0.138. The summed E-state index contributed by atoms with van der Waals surface area (Å²) in [6.45, 7) is 8.88. The maximum absolute atomic E-state index is 13.1. The van der Waals surface area contributed by atoms with Gasteiger partial charge in [-0.3, -0.25) is 9.59 Å². The number of thioether (sulfide) groups is 1. The van der Waals surface area contributed by atoms with Gasteiger partial charge in [-0.1, -0.05) is 61.8 Å². The minimum absolute atomic E-state index is 0.0549. The molecular weight excluding hydrogens is 416 g/mol. The van der Waals surface area contributed by atoms with E-state index in [1.807, 2.05) is 44.2 Å². The van der Waals surface area contributed by atoms with Crippen molar-refractivity contribution in [2.45, 2.75) is 46.0 Å². The van der Waals surface area contributed by atoms with E-state index >= 15 is 0 Å². The molecule has 0 bridgehead atoms. The van der Waals surface area contributed by atoms with Crippen LogP contribution in [0.1, 0.15) is 37.5 Å². The minimum atomic E-state index is -0.561. The van der Waals surface area contributed by atoms with Gasteiger partial charge in [0.2, 0.25) is 11.8 Å². The Labute approximate surface area is 189 Å². The van der Waals surface area contributed by atoms with Crippen molar-refractivity contribution in [3.8, 4) is 0 Å². The Morgan fingerprint density at radius 2 is 1.83 bits per heavy atom. The standard InChI is InChI=1S/C24H31ClN2O2S/c1-17(2)13-26-24(29)19(4)27(14-20-9-7-11-22(25)12-20)23(28)16-30-15-21-10-6-5-8-18(21)3/h5-12,17,19H,13-16H2,1-4H3,(H,26,29)/t19-/m0/s1. The quantitative estimate of drug-likeness (QED) is 0.554. The van der Waals surface area contributed by atoms with Crippen LogP contribution in [-0.2, 0) is 21.9 Å². The molecule has 0 heterocycles. The summed E-state index contributed by atoms with van der Waals surface area (Å²) in [5.74, 6) is 1.24. The molecule has 0 aliphatic carbocycles. The van der Waals surface area contributed by atoms with Crippen molar-refractivity contribution in [2.24, 2.45) is 5.92 Å². The van der Waals surface area contributed by atoms with Gasteiger partial charge in [-0.15, -0.1) is 11.8 Å². The first-order valence-electron chi connectivity index (χ1n) is 10.2. The first kappa shape index (κ1) is 24.3. The molecule has 2 amide bonds. The molecule has 0 unspecified atom stereocenters. The molecule has 4 nitrogen and oxygen atoms in total. The molecule has 0 spiro atoms. The Morgan fingerprint density at radius 1 is 1.10 bits per heavy atom. The lowest BCUT2D eigenvalue weighted by Gasteiger charge is -2.29. The molecule has 6 heteroatoms. The predicted molar refractivity (Wildman–Crippen MR) is 127 cm³/mol. The fourth-order valence-electron chi connectivity index (χ4n) is 2.97. The van der Waals surface area contributed by atoms with Crippen molar-refractivity contribution in [3.05, 3.63) is 70.2 Å². The maximum atomic E-state index is 13.1. The highest BCUT2D eigenvalue weighted by Crippen LogP contribution is 2.19. The average molecular weight is 447 g/mol. The third-order valence-electron chi connectivity index (χ3n) is 4.84. The van der Waals surface area contributed by atoms with Crippen molar-refractivity contribution in [3.63, 3.8) is 0 Å². The van der Waals surface area contributed by atoms with E-state index in [1.54, 1.807) is 29.7 Å². The second-order valence-electron chi connectivity index (χ2n) is 7.89. The van der Waals surface area contributed by atoms with Crippen LogP contribution in [0.3, 0.4) is 0 Å². The van der Waals surface area contributed by atoms with E-state index in [0.29, 0.717) is 29.8 Å². The lowest BCUT2D eigenvalue weighted by Crippen LogP contribution is -2.48. The van der Waals surface area contributed by atoms with Gasteiger partial charge in [0.1, 0.15) is 6.04 Å². The van der Waals surface area contributed by atoms with E-state index in [9.17, 15) is 9.59 Å². The van der Waals surface area contributed by atoms with Crippen molar-refractivity contribution < 1.29 is 9.59 Å². The summed E-state index contributed by atoms with van der Waals surface area (Å²) in [6, 6.07) is 15.0. The second kappa shape index (κ2) is 12.0. The van der Waals surface area contributed by atoms with E-state index in [2.05, 4.69) is 24.4 Å². The highest BCUT2D eigenvalue weighted by atomic mass is 35.5. The fraction of sp³-hybridized carbons (Fsp3) is 0.417. The Balaban J connectivity index is 2.07. The number of amides is 2. The second-order valence-corrected chi connectivity index (χ2v) is 9.31. The summed E-state index contributed by atoms with van der Waals surface area (Å²) in [4.78, 5) is 27.4. The molecule has 0 saturated carbocycles. The van der Waals surface area contributed by atoms with Crippen LogP contribution in [0.4, 0.5) is 0 Å². The summed E-state index contributed by atoms with van der Waals surface area (Å²) in [5.41, 5.74) is 3.34. The SMILES string of the molecule is Cc1ccccc1CSCC(=O)N(Cc1cccc(Cl)c1)[C@@H](C)C(=O)NCC(C)C. The van der Waals surface area contributed by atoms with Crippen LogP contribution >= 0.6 is 23.4 Å². The zero-order valence-electron chi connectivity index (χ0n) is 18.2. The summed E-state index contributed by atoms with van der Waals surface area (Å²) in [6.07, 6.45) is 0. The number of rotatable bonds is 10. The number of hydrogen-bond donors (Lipinski definition) is 1. The number of carbonyl (C=O) groups is 2. The van der Waals surface area contributed by atoms with Crippen LogP contribution in [0.15, 0.2) is 48.5 Å². The van der Waals surface area contributed by atoms with Crippen LogP contribution in [0, 0.1) is 12.8 Å². The zero-order valence-corrected chi connectivity index (χ0v) is 19.7. The van der Waals surface area contributed by atoms with Crippen LogP contribution in [0.5, 0.6) is 0 Å². The third-order valence-corrected chi connectivity index (χ3v) is 6.04. The Bertz CT molecular complexity index is 857. The number of nitrogens with zero attached hydrogens (tertiary/aromatic N) is 1. The Kier molecular flexibility index (Phi) is 9.73. The van der Waals surface area contributed by atoms with Gasteiger partial charge < -0.3 is 10.2 Å². The molecule has 162 valence electrons. The summed E-state index contributed by atoms with van der Waals surface area (Å²) in [7, 11) is 0. The highest BCUT2D eigenvalue weighted by Gasteiger charge is 2.26. The molecule has 0 fully saturated rings. The van der Waals surface area contributed by atoms with E-state index in [4.69, 9.17) is 11.6 Å². The van der Waals surface area contributed by atoms with Gasteiger partial charge >= 0.3 is 0 Å². The molecule has 2 aromatic carbocycles. The van der Waals surface area contributed by atoms with Gasteiger partial charge in [0, 0.05) is 23.9 Å². The molecule has 2 rings (SSSR count). The normalized spacial score (nSPS) is 11.9. The van der Waals surface area contributed by atoms with Gasteiger partial charge in [0.05, 0.1) is 5.75 Å². The van der Waals surface area contributed by atoms with Crippen LogP contribution in [0.2, 0.25) is 5.02 Å². The van der Waals surface area contributed by atoms with Crippen molar-refractivity contribution in [1.82, 2.24) is 10.2 Å². The van der Waals surface area contributed by atoms with Crippen molar-refractivity contribution in [2.75, 3.05) is 12.3 Å². The van der Waals surface area contributed by atoms with Gasteiger partial charge in [0.25, 0.3) is 0 Å². The summed E-state index contributed by atoms with van der Waals surface area (Å²) < 4.78 is 0. The molecule has 0 aliphatic rings. The van der Waals surface area contributed by atoms with Crippen molar-refractivity contribution >= 4 is 35.2 Å². The highest BCUT2D eigenvalue weighted by molar-refractivity contribution is 7.99. The molecule has 2 aromatic rings. The smallest absolute Gasteiger partial charge is 0.242 e. The number of aryl methyl sites for hydroxylation is 1. The maximum Gasteiger partial charge on any atom is 0.242 e. The predicted octanol–water partition coefficient (Wildman–Crippen LogP) is 5.07. The van der Waals surface area contributed by atoms with Gasteiger partial charge in [0.15, 0.2) is 0 Å². The molecule has 0 saturated heterocycles. The Morgan fingerprint density at radius 3 is 2.50 bits per heavy atom. The number of nitrogens with one attached hydrogen (secondary N) is 1. The molecule has 0 radical (unpaired) electrons. The van der Waals surface area contributed by atoms with Crippen molar-refractivity contribution in [1.29, 1.82) is 0 Å². The van der Waals surface area contributed by atoms with Gasteiger partial charge in [-0.2, -0.15) is 0 Å². The van der Waals surface area contributed by atoms with Crippen LogP contribution in [-0.4, -0.2) is 35.1 Å². The van der Waals surface area contributed by atoms with Crippen LogP contribution in [0.25, 0.3) is 0 Å². The topological polar surface area (TPSA) is 49.4 Å². The van der Waals surface area contributed by atoms with E-state index in [0.717, 1.165) is 11.3 Å². The number of benzene rings is 2. The molecule has 1 atom stereocenters. The lowest BCUT2D eigenvalue weighted by atomic mass is 10.1. The molecule has 1 N–H and O–H groups in total.